The van der Waals surface area contributed by atoms with Gasteiger partial charge in [-0.1, -0.05) is 20.8 Å². The fourth-order valence-electron chi connectivity index (χ4n) is 1.54. The predicted octanol–water partition coefficient (Wildman–Crippen LogP) is 2.65. The van der Waals surface area contributed by atoms with Crippen LogP contribution in [0.25, 0.3) is 0 Å². The van der Waals surface area contributed by atoms with E-state index in [2.05, 4.69) is 0 Å². The maximum Gasteiger partial charge on any atom is 0.410 e. The molecule has 0 saturated carbocycles. The Labute approximate surface area is 105 Å². The van der Waals surface area contributed by atoms with E-state index in [1.54, 1.807) is 4.90 Å². The van der Waals surface area contributed by atoms with Crippen LogP contribution in [-0.2, 0) is 4.74 Å². The molecule has 0 radical (unpaired) electrons. The highest BCUT2D eigenvalue weighted by molar-refractivity contribution is 5.68. The monoisotopic (exact) mass is 245 g/mol. The van der Waals surface area contributed by atoms with E-state index in [4.69, 9.17) is 4.74 Å². The van der Waals surface area contributed by atoms with Gasteiger partial charge >= 0.3 is 6.09 Å². The van der Waals surface area contributed by atoms with E-state index >= 15 is 0 Å². The Morgan fingerprint density at radius 3 is 2.29 bits per heavy atom. The van der Waals surface area contributed by atoms with E-state index in [1.165, 1.54) is 0 Å². The molecular weight excluding hydrogens is 218 g/mol. The Bertz CT molecular complexity index is 235. The van der Waals surface area contributed by atoms with E-state index in [1.807, 2.05) is 41.5 Å². The van der Waals surface area contributed by atoms with Crippen molar-refractivity contribution in [2.24, 2.45) is 5.92 Å². The summed E-state index contributed by atoms with van der Waals surface area (Å²) < 4.78 is 5.24. The van der Waals surface area contributed by atoms with E-state index in [9.17, 15) is 9.90 Å². The van der Waals surface area contributed by atoms with E-state index in [0.29, 0.717) is 13.1 Å². The number of hydrogen-bond donors (Lipinski definition) is 1. The molecule has 1 aliphatic rings. The predicted molar refractivity (Wildman–Crippen MR) is 68.9 cm³/mol. The molecule has 0 aromatic rings. The first-order valence-electron chi connectivity index (χ1n) is 6.45. The molecular formula is C13H27NO3. The molecule has 1 rings (SSSR count). The first-order valence-corrected chi connectivity index (χ1v) is 6.45. The summed E-state index contributed by atoms with van der Waals surface area (Å²) in [6.45, 7) is 12.6. The molecule has 0 aromatic heterocycles. The SMILES string of the molecule is CC.CC1CCN(C(=O)OC(C)(C)C)CC1O. The first kappa shape index (κ1) is 16.2. The first-order chi connectivity index (χ1) is 7.79. The van der Waals surface area contributed by atoms with Gasteiger partial charge < -0.3 is 14.7 Å². The van der Waals surface area contributed by atoms with Crippen LogP contribution in [0.3, 0.4) is 0 Å². The Morgan fingerprint density at radius 2 is 1.88 bits per heavy atom. The number of aliphatic hydroxyl groups excluding tert-OH is 1. The fraction of sp³-hybridized carbons (Fsp3) is 0.923. The average molecular weight is 245 g/mol. The third-order valence-corrected chi connectivity index (χ3v) is 2.57. The molecule has 0 aromatic carbocycles. The van der Waals surface area contributed by atoms with Crippen LogP contribution in [0.1, 0.15) is 48.0 Å². The number of likely N-dealkylation sites (tertiary alicyclic amines) is 1. The Morgan fingerprint density at radius 1 is 1.35 bits per heavy atom. The van der Waals surface area contributed by atoms with Gasteiger partial charge in [-0.3, -0.25) is 0 Å². The lowest BCUT2D eigenvalue weighted by Crippen LogP contribution is -2.47. The summed E-state index contributed by atoms with van der Waals surface area (Å²) in [5.41, 5.74) is -0.467. The highest BCUT2D eigenvalue weighted by atomic mass is 16.6. The van der Waals surface area contributed by atoms with Crippen molar-refractivity contribution in [2.45, 2.75) is 59.7 Å². The summed E-state index contributed by atoms with van der Waals surface area (Å²) in [4.78, 5) is 13.2. The molecule has 2 atom stereocenters. The number of hydrogen-bond acceptors (Lipinski definition) is 3. The van der Waals surface area contributed by atoms with Gasteiger partial charge in [0.05, 0.1) is 12.6 Å². The molecule has 1 amide bonds. The van der Waals surface area contributed by atoms with Crippen molar-refractivity contribution in [2.75, 3.05) is 13.1 Å². The lowest BCUT2D eigenvalue weighted by atomic mass is 9.96. The maximum atomic E-state index is 11.7. The summed E-state index contributed by atoms with van der Waals surface area (Å²) in [7, 11) is 0. The molecule has 1 heterocycles. The van der Waals surface area contributed by atoms with Gasteiger partial charge in [0, 0.05) is 6.54 Å². The molecule has 17 heavy (non-hydrogen) atoms. The minimum absolute atomic E-state index is 0.267. The molecule has 0 bridgehead atoms. The molecule has 2 unspecified atom stereocenters. The van der Waals surface area contributed by atoms with Crippen LogP contribution in [-0.4, -0.2) is 40.9 Å². The van der Waals surface area contributed by atoms with Crippen LogP contribution < -0.4 is 0 Å². The number of aliphatic hydroxyl groups is 1. The number of carbonyl (C=O) groups is 1. The van der Waals surface area contributed by atoms with Crippen LogP contribution >= 0.6 is 0 Å². The quantitative estimate of drug-likeness (QED) is 0.713. The normalized spacial score (nSPS) is 24.8. The average Bonchev–Trinajstić information content (AvgIpc) is 2.22. The van der Waals surface area contributed by atoms with Gasteiger partial charge in [0.15, 0.2) is 0 Å². The van der Waals surface area contributed by atoms with E-state index < -0.39 is 11.7 Å². The van der Waals surface area contributed by atoms with Crippen molar-refractivity contribution in [3.8, 4) is 0 Å². The van der Waals surface area contributed by atoms with Crippen molar-refractivity contribution >= 4 is 6.09 Å². The van der Waals surface area contributed by atoms with Gasteiger partial charge in [0.2, 0.25) is 0 Å². The van der Waals surface area contributed by atoms with Gasteiger partial charge in [-0.05, 0) is 33.1 Å². The standard InChI is InChI=1S/C11H21NO3.C2H6/c1-8-5-6-12(7-9(8)13)10(14)15-11(2,3)4;1-2/h8-9,13H,5-7H2,1-4H3;1-2H3. The maximum absolute atomic E-state index is 11.7. The minimum Gasteiger partial charge on any atom is -0.444 e. The third kappa shape index (κ3) is 5.91. The summed E-state index contributed by atoms with van der Waals surface area (Å²) in [6, 6.07) is 0. The summed E-state index contributed by atoms with van der Waals surface area (Å²) in [5.74, 6) is 0.267. The second-order valence-corrected chi connectivity index (χ2v) is 5.26. The molecule has 0 aliphatic carbocycles. The molecule has 4 nitrogen and oxygen atoms in total. The van der Waals surface area contributed by atoms with Crippen molar-refractivity contribution < 1.29 is 14.6 Å². The third-order valence-electron chi connectivity index (χ3n) is 2.57. The minimum atomic E-state index is -0.467. The zero-order chi connectivity index (χ0) is 13.6. The number of β-amino-alcohol motifs (C(OH)–C–C–N with tert-alkyl or cyclic N) is 1. The highest BCUT2D eigenvalue weighted by Gasteiger charge is 2.29. The summed E-state index contributed by atoms with van der Waals surface area (Å²) in [6.07, 6.45) is 0.0835. The van der Waals surface area contributed by atoms with Crippen molar-refractivity contribution in [1.29, 1.82) is 0 Å². The van der Waals surface area contributed by atoms with Crippen molar-refractivity contribution in [3.63, 3.8) is 0 Å². The number of ether oxygens (including phenoxy) is 1. The number of rotatable bonds is 0. The fourth-order valence-corrected chi connectivity index (χ4v) is 1.54. The molecule has 1 N–H and O–H groups in total. The largest absolute Gasteiger partial charge is 0.444 e. The van der Waals surface area contributed by atoms with Crippen LogP contribution in [0.15, 0.2) is 0 Å². The van der Waals surface area contributed by atoms with Crippen molar-refractivity contribution in [1.82, 2.24) is 4.90 Å². The highest BCUT2D eigenvalue weighted by Crippen LogP contribution is 2.19. The van der Waals surface area contributed by atoms with Gasteiger partial charge in [-0.25, -0.2) is 4.79 Å². The van der Waals surface area contributed by atoms with E-state index in [-0.39, 0.29) is 12.0 Å². The Kier molecular flexibility index (Phi) is 6.53. The smallest absolute Gasteiger partial charge is 0.410 e. The zero-order valence-electron chi connectivity index (χ0n) is 12.0. The zero-order valence-corrected chi connectivity index (χ0v) is 12.0. The van der Waals surface area contributed by atoms with Crippen LogP contribution in [0.2, 0.25) is 0 Å². The number of piperidine rings is 1. The lowest BCUT2D eigenvalue weighted by molar-refractivity contribution is -0.00946. The molecule has 1 aliphatic heterocycles. The lowest BCUT2D eigenvalue weighted by Gasteiger charge is -2.35. The van der Waals surface area contributed by atoms with Gasteiger partial charge in [-0.15, -0.1) is 0 Å². The van der Waals surface area contributed by atoms with Gasteiger partial charge in [-0.2, -0.15) is 0 Å². The van der Waals surface area contributed by atoms with Gasteiger partial charge in [0.1, 0.15) is 5.60 Å². The number of amides is 1. The molecule has 102 valence electrons. The molecule has 1 saturated heterocycles. The second kappa shape index (κ2) is 6.84. The Balaban J connectivity index is 0.00000121. The van der Waals surface area contributed by atoms with Crippen LogP contribution in [0.5, 0.6) is 0 Å². The summed E-state index contributed by atoms with van der Waals surface area (Å²) >= 11 is 0. The molecule has 1 fully saturated rings. The van der Waals surface area contributed by atoms with Crippen molar-refractivity contribution in [3.05, 3.63) is 0 Å². The van der Waals surface area contributed by atoms with Crippen LogP contribution in [0.4, 0.5) is 4.79 Å². The van der Waals surface area contributed by atoms with E-state index in [0.717, 1.165) is 6.42 Å². The van der Waals surface area contributed by atoms with Gasteiger partial charge in [0.25, 0.3) is 0 Å². The van der Waals surface area contributed by atoms with Crippen LogP contribution in [0, 0.1) is 5.92 Å². The Hall–Kier alpha value is -0.770. The number of nitrogens with zero attached hydrogens (tertiary/aromatic N) is 1. The summed E-state index contributed by atoms with van der Waals surface area (Å²) in [5, 5.41) is 9.65. The topological polar surface area (TPSA) is 49.8 Å². The molecule has 4 heteroatoms. The second-order valence-electron chi connectivity index (χ2n) is 5.26. The molecule has 0 spiro atoms. The number of carbonyl (C=O) groups excluding carboxylic acids is 1.